The minimum absolute atomic E-state index is 0.243. The van der Waals surface area contributed by atoms with Gasteiger partial charge in [-0.1, -0.05) is 0 Å². The Kier molecular flexibility index (Phi) is 5.77. The first-order valence-corrected chi connectivity index (χ1v) is 7.00. The number of rotatable bonds is 8. The van der Waals surface area contributed by atoms with E-state index in [1.54, 1.807) is 0 Å². The quantitative estimate of drug-likeness (QED) is 0.192. The number of esters is 2. The molecule has 0 aromatic heterocycles. The van der Waals surface area contributed by atoms with Gasteiger partial charge in [0.25, 0.3) is 0 Å². The number of hydrogen-bond donors (Lipinski definition) is 0. The second-order valence-corrected chi connectivity index (χ2v) is 5.98. The molecule has 0 saturated carbocycles. The van der Waals surface area contributed by atoms with E-state index in [1.165, 1.54) is 13.8 Å². The minimum atomic E-state index is -1.07. The van der Waals surface area contributed by atoms with Crippen molar-refractivity contribution in [1.82, 2.24) is 0 Å². The molecule has 1 aliphatic rings. The molecule has 0 amide bonds. The van der Waals surface area contributed by atoms with E-state index in [-0.39, 0.29) is 6.10 Å². The first kappa shape index (κ1) is 15.1. The summed E-state index contributed by atoms with van der Waals surface area (Å²) in [6.07, 6.45) is 1.37. The Labute approximate surface area is 109 Å². The van der Waals surface area contributed by atoms with Gasteiger partial charge in [0, 0.05) is 26.9 Å². The van der Waals surface area contributed by atoms with Crippen LogP contribution in [0.3, 0.4) is 0 Å². The maximum absolute atomic E-state index is 11.0. The zero-order chi connectivity index (χ0) is 13.6. The molecule has 0 aromatic carbocycles. The third-order valence-corrected chi connectivity index (χ3v) is 3.25. The van der Waals surface area contributed by atoms with Crippen molar-refractivity contribution in [3.63, 3.8) is 0 Å². The molecular formula is C11H20O6Si. The van der Waals surface area contributed by atoms with Gasteiger partial charge in [-0.2, -0.15) is 0 Å². The number of carbonyl (C=O) groups is 2. The molecule has 1 unspecified atom stereocenters. The zero-order valence-corrected chi connectivity index (χ0v) is 13.1. The van der Waals surface area contributed by atoms with Gasteiger partial charge in [-0.15, -0.1) is 0 Å². The summed E-state index contributed by atoms with van der Waals surface area (Å²) in [6, 6.07) is 0. The second-order valence-electron chi connectivity index (χ2n) is 4.45. The van der Waals surface area contributed by atoms with Crippen molar-refractivity contribution >= 4 is 22.2 Å². The summed E-state index contributed by atoms with van der Waals surface area (Å²) in [4.78, 5) is 22.0. The number of epoxide rings is 1. The Morgan fingerprint density at radius 3 is 2.33 bits per heavy atom. The van der Waals surface area contributed by atoms with Crippen LogP contribution in [-0.4, -0.2) is 53.5 Å². The molecule has 0 aliphatic carbocycles. The minimum Gasteiger partial charge on any atom is -0.428 e. The molecule has 0 spiro atoms. The topological polar surface area (TPSA) is 74.4 Å². The molecule has 6 nitrogen and oxygen atoms in total. The average Bonchev–Trinajstić information content (AvgIpc) is 2.97. The Balaban J connectivity index is 2.24. The summed E-state index contributed by atoms with van der Waals surface area (Å²) in [7, 11) is 0.425. The summed E-state index contributed by atoms with van der Waals surface area (Å²) in [5.41, 5.74) is -1.07. The molecule has 1 aliphatic heterocycles. The van der Waals surface area contributed by atoms with Crippen molar-refractivity contribution in [2.24, 2.45) is 0 Å². The van der Waals surface area contributed by atoms with E-state index >= 15 is 0 Å². The van der Waals surface area contributed by atoms with E-state index in [9.17, 15) is 9.59 Å². The highest BCUT2D eigenvalue weighted by atomic mass is 28.1. The molecule has 0 bridgehead atoms. The van der Waals surface area contributed by atoms with E-state index in [1.807, 2.05) is 0 Å². The van der Waals surface area contributed by atoms with E-state index in [4.69, 9.17) is 18.9 Å². The molecule has 1 rings (SSSR count). The van der Waals surface area contributed by atoms with Crippen molar-refractivity contribution in [3.05, 3.63) is 0 Å². The van der Waals surface area contributed by atoms with Gasteiger partial charge in [-0.3, -0.25) is 9.59 Å². The molecule has 1 heterocycles. The van der Waals surface area contributed by atoms with Gasteiger partial charge in [0.2, 0.25) is 5.41 Å². The van der Waals surface area contributed by atoms with Crippen LogP contribution in [0.5, 0.6) is 0 Å². The first-order chi connectivity index (χ1) is 8.41. The highest BCUT2D eigenvalue weighted by Crippen LogP contribution is 2.17. The van der Waals surface area contributed by atoms with Crippen molar-refractivity contribution in [3.8, 4) is 0 Å². The summed E-state index contributed by atoms with van der Waals surface area (Å²) >= 11 is 0. The highest BCUT2D eigenvalue weighted by molar-refractivity contribution is 6.14. The van der Waals surface area contributed by atoms with Crippen molar-refractivity contribution in [2.75, 3.05) is 19.8 Å². The molecule has 18 heavy (non-hydrogen) atoms. The first-order valence-electron chi connectivity index (χ1n) is 6.00. The van der Waals surface area contributed by atoms with E-state index in [0.717, 1.165) is 6.61 Å². The maximum atomic E-state index is 11.0. The van der Waals surface area contributed by atoms with Gasteiger partial charge in [0.05, 0.1) is 13.2 Å². The van der Waals surface area contributed by atoms with Crippen LogP contribution >= 0.6 is 0 Å². The standard InChI is InChI=1S/C11H20O6Si/c1-8(12)16-11(18,17-9(2)13)4-3-5-14-6-10-7-15-10/h10H,3-7H2,1-2,18H3. The van der Waals surface area contributed by atoms with Crippen LogP contribution in [-0.2, 0) is 28.5 Å². The normalized spacial score (nSPS) is 18.4. The predicted molar refractivity (Wildman–Crippen MR) is 66.0 cm³/mol. The third kappa shape index (κ3) is 6.73. The van der Waals surface area contributed by atoms with Crippen LogP contribution in [0.1, 0.15) is 26.7 Å². The SMILES string of the molecule is CC(=O)OC([SiH3])(CCCOCC1CO1)OC(C)=O. The lowest BCUT2D eigenvalue weighted by Crippen LogP contribution is -2.40. The van der Waals surface area contributed by atoms with Gasteiger partial charge in [-0.05, 0) is 6.42 Å². The van der Waals surface area contributed by atoms with Crippen molar-refractivity contribution < 1.29 is 28.5 Å². The van der Waals surface area contributed by atoms with Crippen LogP contribution in [0, 0.1) is 0 Å². The number of hydrogen-bond acceptors (Lipinski definition) is 6. The van der Waals surface area contributed by atoms with Crippen molar-refractivity contribution in [2.45, 2.75) is 38.2 Å². The number of ether oxygens (including phenoxy) is 4. The third-order valence-electron chi connectivity index (χ3n) is 2.34. The molecule has 1 saturated heterocycles. The molecule has 0 N–H and O–H groups in total. The summed E-state index contributed by atoms with van der Waals surface area (Å²) in [5.74, 6) is -0.892. The van der Waals surface area contributed by atoms with Gasteiger partial charge < -0.3 is 18.9 Å². The second kappa shape index (κ2) is 6.86. The lowest BCUT2D eigenvalue weighted by Gasteiger charge is -2.28. The zero-order valence-electron chi connectivity index (χ0n) is 11.1. The van der Waals surface area contributed by atoms with Gasteiger partial charge in [0.15, 0.2) is 0 Å². The summed E-state index contributed by atoms with van der Waals surface area (Å²) in [5, 5.41) is 0. The Morgan fingerprint density at radius 2 is 1.89 bits per heavy atom. The Hall–Kier alpha value is -0.923. The molecular weight excluding hydrogens is 256 g/mol. The largest absolute Gasteiger partial charge is 0.428 e. The lowest BCUT2D eigenvalue weighted by molar-refractivity contribution is -0.199. The Bertz CT molecular complexity index is 286. The van der Waals surface area contributed by atoms with Gasteiger partial charge >= 0.3 is 11.9 Å². The van der Waals surface area contributed by atoms with Gasteiger partial charge in [-0.25, -0.2) is 0 Å². The fraction of sp³-hybridized carbons (Fsp3) is 0.818. The average molecular weight is 276 g/mol. The maximum Gasteiger partial charge on any atom is 0.305 e. The van der Waals surface area contributed by atoms with Crippen LogP contribution in [0.2, 0.25) is 0 Å². The smallest absolute Gasteiger partial charge is 0.305 e. The van der Waals surface area contributed by atoms with Crippen LogP contribution < -0.4 is 0 Å². The van der Waals surface area contributed by atoms with E-state index in [0.29, 0.717) is 36.3 Å². The monoisotopic (exact) mass is 276 g/mol. The Morgan fingerprint density at radius 1 is 1.33 bits per heavy atom. The molecule has 1 atom stereocenters. The highest BCUT2D eigenvalue weighted by Gasteiger charge is 2.30. The van der Waals surface area contributed by atoms with Crippen LogP contribution in [0.4, 0.5) is 0 Å². The lowest BCUT2D eigenvalue weighted by atomic mass is 10.3. The molecule has 1 fully saturated rings. The molecule has 0 radical (unpaired) electrons. The van der Waals surface area contributed by atoms with Crippen molar-refractivity contribution in [1.29, 1.82) is 0 Å². The summed E-state index contributed by atoms with van der Waals surface area (Å²) < 4.78 is 20.6. The predicted octanol–water partition coefficient (Wildman–Crippen LogP) is -0.673. The number of carbonyl (C=O) groups excluding carboxylic acids is 2. The molecule has 0 aromatic rings. The van der Waals surface area contributed by atoms with Crippen LogP contribution in [0.25, 0.3) is 0 Å². The van der Waals surface area contributed by atoms with E-state index in [2.05, 4.69) is 0 Å². The molecule has 7 heteroatoms. The molecule has 104 valence electrons. The van der Waals surface area contributed by atoms with E-state index < -0.39 is 17.3 Å². The van der Waals surface area contributed by atoms with Gasteiger partial charge in [0.1, 0.15) is 16.3 Å². The fourth-order valence-electron chi connectivity index (χ4n) is 1.61. The van der Waals surface area contributed by atoms with Crippen LogP contribution in [0.15, 0.2) is 0 Å². The summed E-state index contributed by atoms with van der Waals surface area (Å²) in [6.45, 7) is 4.50. The fourth-order valence-corrected chi connectivity index (χ4v) is 2.53.